The maximum absolute atomic E-state index is 11.9. The Labute approximate surface area is 135 Å². The first kappa shape index (κ1) is 17.1. The van der Waals surface area contributed by atoms with Gasteiger partial charge in [0, 0.05) is 19.0 Å². The van der Waals surface area contributed by atoms with E-state index >= 15 is 0 Å². The van der Waals surface area contributed by atoms with Gasteiger partial charge in [0.05, 0.1) is 0 Å². The van der Waals surface area contributed by atoms with Gasteiger partial charge in [-0.05, 0) is 55.6 Å². The minimum Gasteiger partial charge on any atom is -0.340 e. The van der Waals surface area contributed by atoms with Crippen molar-refractivity contribution in [3.63, 3.8) is 0 Å². The molecule has 1 aliphatic rings. The molecule has 1 aliphatic heterocycles. The summed E-state index contributed by atoms with van der Waals surface area (Å²) in [6.45, 7) is 9.97. The normalized spacial score (nSPS) is 19.3. The second kappa shape index (κ2) is 7.80. The molecule has 0 aliphatic carbocycles. The monoisotopic (exact) mass is 301 g/mol. The fraction of sp³-hybridized carbons (Fsp3) is 0.650. The quantitative estimate of drug-likeness (QED) is 0.686. The maximum atomic E-state index is 11.9. The highest BCUT2D eigenvalue weighted by molar-refractivity contribution is 5.78. The van der Waals surface area contributed by atoms with Crippen molar-refractivity contribution in [3.8, 4) is 0 Å². The minimum absolute atomic E-state index is 0.343. The lowest BCUT2D eigenvalue weighted by molar-refractivity contribution is -0.129. The molecule has 1 saturated heterocycles. The number of amides is 1. The van der Waals surface area contributed by atoms with Crippen LogP contribution in [0.4, 0.5) is 0 Å². The van der Waals surface area contributed by atoms with Gasteiger partial charge in [-0.25, -0.2) is 0 Å². The lowest BCUT2D eigenvalue weighted by Gasteiger charge is -2.28. The van der Waals surface area contributed by atoms with Crippen LogP contribution in [-0.2, 0) is 4.79 Å². The molecular weight excluding hydrogens is 270 g/mol. The van der Waals surface area contributed by atoms with E-state index in [-0.39, 0.29) is 0 Å². The Hall–Kier alpha value is -1.31. The van der Waals surface area contributed by atoms with Crippen molar-refractivity contribution in [2.75, 3.05) is 6.54 Å². The summed E-state index contributed by atoms with van der Waals surface area (Å²) in [6, 6.07) is 9.45. The first-order chi connectivity index (χ1) is 10.6. The van der Waals surface area contributed by atoms with E-state index in [9.17, 15) is 4.79 Å². The van der Waals surface area contributed by atoms with Gasteiger partial charge in [-0.15, -0.1) is 0 Å². The number of nitrogens with zero attached hydrogens (tertiary/aromatic N) is 1. The van der Waals surface area contributed by atoms with Crippen molar-refractivity contribution in [2.24, 2.45) is 0 Å². The standard InChI is InChI=1S/C20H31NO/c1-5-15(3)18-9-7-10-19(14-18)17(6-2)13-16(4)21-12-8-11-20(21)22/h7,9-10,14-17H,5-6,8,11-13H2,1-4H3. The zero-order chi connectivity index (χ0) is 16.1. The minimum atomic E-state index is 0.343. The van der Waals surface area contributed by atoms with E-state index in [2.05, 4.69) is 56.9 Å². The molecule has 2 heteroatoms. The van der Waals surface area contributed by atoms with Crippen molar-refractivity contribution < 1.29 is 4.79 Å². The Morgan fingerprint density at radius 1 is 1.14 bits per heavy atom. The first-order valence-corrected chi connectivity index (χ1v) is 8.96. The molecule has 2 rings (SSSR count). The highest BCUT2D eigenvalue weighted by Gasteiger charge is 2.27. The highest BCUT2D eigenvalue weighted by Crippen LogP contribution is 2.30. The number of hydrogen-bond donors (Lipinski definition) is 0. The summed E-state index contributed by atoms with van der Waals surface area (Å²) in [5.74, 6) is 1.51. The van der Waals surface area contributed by atoms with E-state index in [0.29, 0.717) is 23.8 Å². The molecule has 122 valence electrons. The van der Waals surface area contributed by atoms with E-state index < -0.39 is 0 Å². The van der Waals surface area contributed by atoms with E-state index in [4.69, 9.17) is 0 Å². The molecule has 1 aromatic rings. The van der Waals surface area contributed by atoms with Gasteiger partial charge >= 0.3 is 0 Å². The second-order valence-electron chi connectivity index (χ2n) is 6.86. The van der Waals surface area contributed by atoms with Gasteiger partial charge in [0.2, 0.25) is 5.91 Å². The molecule has 0 spiro atoms. The number of rotatable bonds is 7. The maximum Gasteiger partial charge on any atom is 0.222 e. The van der Waals surface area contributed by atoms with Crippen LogP contribution in [0.15, 0.2) is 24.3 Å². The van der Waals surface area contributed by atoms with E-state index in [1.165, 1.54) is 17.5 Å². The predicted molar refractivity (Wildman–Crippen MR) is 93.2 cm³/mol. The first-order valence-electron chi connectivity index (χ1n) is 8.96. The van der Waals surface area contributed by atoms with Crippen molar-refractivity contribution in [3.05, 3.63) is 35.4 Å². The van der Waals surface area contributed by atoms with Crippen molar-refractivity contribution in [1.82, 2.24) is 4.90 Å². The van der Waals surface area contributed by atoms with Crippen molar-refractivity contribution in [2.45, 2.75) is 77.7 Å². The summed E-state index contributed by atoms with van der Waals surface area (Å²) >= 11 is 0. The molecule has 1 amide bonds. The molecule has 2 nitrogen and oxygen atoms in total. The van der Waals surface area contributed by atoms with Crippen LogP contribution < -0.4 is 0 Å². The predicted octanol–water partition coefficient (Wildman–Crippen LogP) is 5.09. The van der Waals surface area contributed by atoms with Crippen molar-refractivity contribution in [1.29, 1.82) is 0 Å². The summed E-state index contributed by atoms with van der Waals surface area (Å²) in [5, 5.41) is 0. The van der Waals surface area contributed by atoms with Crippen LogP contribution in [0.2, 0.25) is 0 Å². The van der Waals surface area contributed by atoms with Gasteiger partial charge in [-0.3, -0.25) is 4.79 Å². The van der Waals surface area contributed by atoms with Gasteiger partial charge in [-0.1, -0.05) is 45.0 Å². The Morgan fingerprint density at radius 3 is 2.45 bits per heavy atom. The van der Waals surface area contributed by atoms with E-state index in [0.717, 1.165) is 32.2 Å². The molecule has 3 atom stereocenters. The Morgan fingerprint density at radius 2 is 1.86 bits per heavy atom. The topological polar surface area (TPSA) is 20.3 Å². The molecule has 3 unspecified atom stereocenters. The average molecular weight is 301 g/mol. The third-order valence-corrected chi connectivity index (χ3v) is 5.32. The Bertz CT molecular complexity index is 496. The van der Waals surface area contributed by atoms with E-state index in [1.54, 1.807) is 0 Å². The van der Waals surface area contributed by atoms with Gasteiger partial charge < -0.3 is 4.90 Å². The number of carbonyl (C=O) groups excluding carboxylic acids is 1. The second-order valence-corrected chi connectivity index (χ2v) is 6.86. The lowest BCUT2D eigenvalue weighted by Crippen LogP contribution is -2.35. The van der Waals surface area contributed by atoms with Gasteiger partial charge in [0.1, 0.15) is 0 Å². The van der Waals surface area contributed by atoms with Crippen LogP contribution in [0.1, 0.15) is 82.8 Å². The molecular formula is C20H31NO. The number of likely N-dealkylation sites (tertiary alicyclic amines) is 1. The van der Waals surface area contributed by atoms with Crippen LogP contribution in [0.3, 0.4) is 0 Å². The fourth-order valence-electron chi connectivity index (χ4n) is 3.57. The third kappa shape index (κ3) is 3.91. The number of hydrogen-bond acceptors (Lipinski definition) is 1. The van der Waals surface area contributed by atoms with Crippen LogP contribution >= 0.6 is 0 Å². The molecule has 1 heterocycles. The van der Waals surface area contributed by atoms with Gasteiger partial charge in [-0.2, -0.15) is 0 Å². The third-order valence-electron chi connectivity index (χ3n) is 5.32. The molecule has 1 fully saturated rings. The van der Waals surface area contributed by atoms with Crippen LogP contribution in [0.5, 0.6) is 0 Å². The zero-order valence-corrected chi connectivity index (χ0v) is 14.6. The Balaban J connectivity index is 2.09. The number of carbonyl (C=O) groups is 1. The van der Waals surface area contributed by atoms with E-state index in [1.807, 2.05) is 0 Å². The molecule has 1 aromatic carbocycles. The summed E-state index contributed by atoms with van der Waals surface area (Å²) < 4.78 is 0. The van der Waals surface area contributed by atoms with Gasteiger partial charge in [0.25, 0.3) is 0 Å². The van der Waals surface area contributed by atoms with Gasteiger partial charge in [0.15, 0.2) is 0 Å². The number of benzene rings is 1. The fourth-order valence-corrected chi connectivity index (χ4v) is 3.57. The molecule has 0 saturated carbocycles. The van der Waals surface area contributed by atoms with Crippen LogP contribution in [-0.4, -0.2) is 23.4 Å². The summed E-state index contributed by atoms with van der Waals surface area (Å²) in [6.07, 6.45) is 5.16. The molecule has 0 bridgehead atoms. The molecule has 0 radical (unpaired) electrons. The summed E-state index contributed by atoms with van der Waals surface area (Å²) in [5.41, 5.74) is 2.89. The van der Waals surface area contributed by atoms with Crippen molar-refractivity contribution >= 4 is 5.91 Å². The highest BCUT2D eigenvalue weighted by atomic mass is 16.2. The smallest absolute Gasteiger partial charge is 0.222 e. The summed E-state index contributed by atoms with van der Waals surface area (Å²) in [7, 11) is 0. The molecule has 0 aromatic heterocycles. The SMILES string of the molecule is CCC(C)c1cccc(C(CC)CC(C)N2CCCC2=O)c1. The van der Waals surface area contributed by atoms with Crippen LogP contribution in [0, 0.1) is 0 Å². The molecule has 22 heavy (non-hydrogen) atoms. The molecule has 0 N–H and O–H groups in total. The largest absolute Gasteiger partial charge is 0.340 e. The zero-order valence-electron chi connectivity index (χ0n) is 14.6. The Kier molecular flexibility index (Phi) is 6.05. The lowest BCUT2D eigenvalue weighted by atomic mass is 9.87. The van der Waals surface area contributed by atoms with Crippen LogP contribution in [0.25, 0.3) is 0 Å². The summed E-state index contributed by atoms with van der Waals surface area (Å²) in [4.78, 5) is 14.0. The average Bonchev–Trinajstić information content (AvgIpc) is 2.97.